The maximum absolute atomic E-state index is 4.68. The van der Waals surface area contributed by atoms with E-state index in [1.807, 2.05) is 18.6 Å². The van der Waals surface area contributed by atoms with Crippen molar-refractivity contribution in [3.05, 3.63) is 60.6 Å². The van der Waals surface area contributed by atoms with Crippen LogP contribution in [0.5, 0.6) is 0 Å². The molecule has 1 aromatic carbocycles. The van der Waals surface area contributed by atoms with Gasteiger partial charge in [-0.2, -0.15) is 5.10 Å². The second-order valence-electron chi connectivity index (χ2n) is 9.26. The van der Waals surface area contributed by atoms with Crippen molar-refractivity contribution in [2.45, 2.75) is 13.5 Å². The first-order chi connectivity index (χ1) is 17.2. The molecule has 3 N–H and O–H groups in total. The highest BCUT2D eigenvalue weighted by Crippen LogP contribution is 2.34. The molecule has 6 rings (SSSR count). The van der Waals surface area contributed by atoms with Gasteiger partial charge in [-0.05, 0) is 49.5 Å². The number of hydrogen-bond acceptors (Lipinski definition) is 6. The fourth-order valence-corrected chi connectivity index (χ4v) is 4.86. The van der Waals surface area contributed by atoms with Gasteiger partial charge in [0.15, 0.2) is 0 Å². The topological polar surface area (TPSA) is 88.8 Å². The number of likely N-dealkylation sites (N-methyl/N-ethyl adjacent to an activating group) is 1. The van der Waals surface area contributed by atoms with Gasteiger partial charge in [-0.3, -0.25) is 15.1 Å². The van der Waals surface area contributed by atoms with E-state index in [0.29, 0.717) is 0 Å². The standard InChI is InChI=1S/C27H30N8/c1-3-28-14-18-11-19(16-29-15-18)23-13-21-25(17-30-23)32-33-27(21)24-12-20-22(31-24)5-4-6-26(20)35-9-7-34(2)8-10-35/h4-6,11-13,15-17,28,31H,3,7-10,14H2,1-2H3,(H,32,33). The van der Waals surface area contributed by atoms with Crippen LogP contribution in [0.2, 0.25) is 0 Å². The quantitative estimate of drug-likeness (QED) is 0.350. The number of pyridine rings is 2. The molecule has 0 unspecified atom stereocenters. The number of hydrogen-bond donors (Lipinski definition) is 3. The Morgan fingerprint density at radius 2 is 1.86 bits per heavy atom. The first-order valence-corrected chi connectivity index (χ1v) is 12.2. The van der Waals surface area contributed by atoms with E-state index in [-0.39, 0.29) is 0 Å². The Kier molecular flexibility index (Phi) is 5.67. The minimum atomic E-state index is 0.793. The minimum absolute atomic E-state index is 0.793. The van der Waals surface area contributed by atoms with Crippen LogP contribution in [0.3, 0.4) is 0 Å². The third-order valence-corrected chi connectivity index (χ3v) is 6.86. The molecule has 0 atom stereocenters. The van der Waals surface area contributed by atoms with E-state index in [0.717, 1.165) is 83.9 Å². The third-order valence-electron chi connectivity index (χ3n) is 6.86. The monoisotopic (exact) mass is 466 g/mol. The lowest BCUT2D eigenvalue weighted by Gasteiger charge is -2.34. The number of nitrogens with zero attached hydrogens (tertiary/aromatic N) is 5. The van der Waals surface area contributed by atoms with Crippen LogP contribution in [0, 0.1) is 0 Å². The molecule has 0 amide bonds. The summed E-state index contributed by atoms with van der Waals surface area (Å²) in [6, 6.07) is 13.0. The van der Waals surface area contributed by atoms with Crippen molar-refractivity contribution in [3.63, 3.8) is 0 Å². The zero-order valence-corrected chi connectivity index (χ0v) is 20.2. The van der Waals surface area contributed by atoms with Crippen LogP contribution in [-0.4, -0.2) is 69.8 Å². The summed E-state index contributed by atoms with van der Waals surface area (Å²) in [7, 11) is 2.19. The lowest BCUT2D eigenvalue weighted by Crippen LogP contribution is -2.44. The predicted octanol–water partition coefficient (Wildman–Crippen LogP) is 4.03. The summed E-state index contributed by atoms with van der Waals surface area (Å²) >= 11 is 0. The average Bonchev–Trinajstić information content (AvgIpc) is 3.51. The lowest BCUT2D eigenvalue weighted by molar-refractivity contribution is 0.313. The van der Waals surface area contributed by atoms with Crippen molar-refractivity contribution in [1.82, 2.24) is 35.4 Å². The van der Waals surface area contributed by atoms with E-state index in [1.165, 1.54) is 11.1 Å². The van der Waals surface area contributed by atoms with Crippen molar-refractivity contribution in [2.24, 2.45) is 0 Å². The summed E-state index contributed by atoms with van der Waals surface area (Å²) in [6.07, 6.45) is 5.63. The number of nitrogens with one attached hydrogen (secondary N) is 3. The van der Waals surface area contributed by atoms with Gasteiger partial charge in [0.1, 0.15) is 5.69 Å². The number of fused-ring (bicyclic) bond motifs is 2. The molecule has 178 valence electrons. The summed E-state index contributed by atoms with van der Waals surface area (Å²) in [6.45, 7) is 8.06. The largest absolute Gasteiger partial charge is 0.368 e. The number of aromatic amines is 2. The molecule has 8 heteroatoms. The Hall–Kier alpha value is -3.75. The Bertz CT molecular complexity index is 1480. The molecule has 1 aliphatic heterocycles. The number of anilines is 1. The van der Waals surface area contributed by atoms with Crippen LogP contribution in [0.15, 0.2) is 55.0 Å². The van der Waals surface area contributed by atoms with E-state index in [9.17, 15) is 0 Å². The molecular weight excluding hydrogens is 436 g/mol. The van der Waals surface area contributed by atoms with Crippen molar-refractivity contribution < 1.29 is 0 Å². The van der Waals surface area contributed by atoms with Crippen LogP contribution in [0.1, 0.15) is 12.5 Å². The summed E-state index contributed by atoms with van der Waals surface area (Å²) < 4.78 is 0. The van der Waals surface area contributed by atoms with Gasteiger partial charge in [0.2, 0.25) is 0 Å². The molecule has 1 fully saturated rings. The third kappa shape index (κ3) is 4.15. The van der Waals surface area contributed by atoms with E-state index in [1.54, 1.807) is 0 Å². The molecule has 0 radical (unpaired) electrons. The van der Waals surface area contributed by atoms with Crippen molar-refractivity contribution in [1.29, 1.82) is 0 Å². The molecule has 4 aromatic heterocycles. The Morgan fingerprint density at radius 1 is 0.971 bits per heavy atom. The first kappa shape index (κ1) is 21.8. The number of aromatic nitrogens is 5. The lowest BCUT2D eigenvalue weighted by atomic mass is 10.1. The Morgan fingerprint density at radius 3 is 2.71 bits per heavy atom. The van der Waals surface area contributed by atoms with Crippen molar-refractivity contribution >= 4 is 27.5 Å². The fourth-order valence-electron chi connectivity index (χ4n) is 4.86. The number of piperazine rings is 1. The summed E-state index contributed by atoms with van der Waals surface area (Å²) in [5, 5.41) is 13.5. The van der Waals surface area contributed by atoms with E-state index < -0.39 is 0 Å². The van der Waals surface area contributed by atoms with E-state index >= 15 is 0 Å². The smallest absolute Gasteiger partial charge is 0.116 e. The molecular formula is C27H30N8. The van der Waals surface area contributed by atoms with E-state index in [2.05, 4.69) is 90.6 Å². The predicted molar refractivity (Wildman–Crippen MR) is 142 cm³/mol. The SMILES string of the molecule is CCNCc1cncc(-c2cc3c(-c4cc5c(N6CCN(C)CC6)cccc5[nH]4)n[nH]c3cn2)c1. The first-order valence-electron chi connectivity index (χ1n) is 12.2. The molecule has 1 aliphatic rings. The Labute approximate surface area is 204 Å². The number of benzene rings is 1. The molecule has 0 saturated carbocycles. The van der Waals surface area contributed by atoms with Gasteiger partial charge in [0.25, 0.3) is 0 Å². The van der Waals surface area contributed by atoms with Crippen LogP contribution in [0.4, 0.5) is 5.69 Å². The van der Waals surface area contributed by atoms with E-state index in [4.69, 9.17) is 0 Å². The van der Waals surface area contributed by atoms with Crippen LogP contribution in [-0.2, 0) is 6.54 Å². The Balaban J connectivity index is 1.38. The molecule has 5 aromatic rings. The van der Waals surface area contributed by atoms with Crippen LogP contribution < -0.4 is 10.2 Å². The minimum Gasteiger partial charge on any atom is -0.368 e. The maximum atomic E-state index is 4.68. The second-order valence-corrected chi connectivity index (χ2v) is 9.26. The molecule has 5 heterocycles. The summed E-state index contributed by atoms with van der Waals surface area (Å²) in [5.74, 6) is 0. The summed E-state index contributed by atoms with van der Waals surface area (Å²) in [4.78, 5) is 17.6. The zero-order valence-electron chi connectivity index (χ0n) is 20.2. The van der Waals surface area contributed by atoms with Crippen molar-refractivity contribution in [3.8, 4) is 22.6 Å². The summed E-state index contributed by atoms with van der Waals surface area (Å²) in [5.41, 5.74) is 8.27. The molecule has 0 spiro atoms. The average molecular weight is 467 g/mol. The molecule has 35 heavy (non-hydrogen) atoms. The van der Waals surface area contributed by atoms with Gasteiger partial charge in [0, 0.05) is 72.7 Å². The van der Waals surface area contributed by atoms with Gasteiger partial charge in [0.05, 0.1) is 23.1 Å². The zero-order chi connectivity index (χ0) is 23.8. The molecule has 0 aliphatic carbocycles. The second kappa shape index (κ2) is 9.13. The van der Waals surface area contributed by atoms with Crippen LogP contribution >= 0.6 is 0 Å². The number of rotatable bonds is 6. The van der Waals surface area contributed by atoms with Gasteiger partial charge < -0.3 is 20.1 Å². The highest BCUT2D eigenvalue weighted by Gasteiger charge is 2.19. The van der Waals surface area contributed by atoms with Crippen LogP contribution in [0.25, 0.3) is 44.5 Å². The van der Waals surface area contributed by atoms with Gasteiger partial charge in [-0.15, -0.1) is 0 Å². The van der Waals surface area contributed by atoms with Gasteiger partial charge in [-0.25, -0.2) is 0 Å². The fraction of sp³-hybridized carbons (Fsp3) is 0.296. The highest BCUT2D eigenvalue weighted by molar-refractivity contribution is 6.00. The molecule has 8 nitrogen and oxygen atoms in total. The highest BCUT2D eigenvalue weighted by atomic mass is 15.2. The van der Waals surface area contributed by atoms with Crippen molar-refractivity contribution in [2.75, 3.05) is 44.7 Å². The molecule has 1 saturated heterocycles. The number of H-pyrrole nitrogens is 2. The van der Waals surface area contributed by atoms with Gasteiger partial charge >= 0.3 is 0 Å². The maximum Gasteiger partial charge on any atom is 0.116 e. The molecule has 0 bridgehead atoms. The normalized spacial score (nSPS) is 14.9. The van der Waals surface area contributed by atoms with Gasteiger partial charge in [-0.1, -0.05) is 13.0 Å².